The number of nitrogen functional groups attached to an aromatic ring is 1. The van der Waals surface area contributed by atoms with Crippen LogP contribution in [0.1, 0.15) is 28.8 Å². The Morgan fingerprint density at radius 2 is 2.05 bits per heavy atom. The van der Waals surface area contributed by atoms with Gasteiger partial charge in [-0.15, -0.1) is 0 Å². The summed E-state index contributed by atoms with van der Waals surface area (Å²) < 4.78 is 0. The molecule has 1 aromatic rings. The molecule has 0 saturated heterocycles. The molecule has 0 bridgehead atoms. The summed E-state index contributed by atoms with van der Waals surface area (Å²) in [5, 5.41) is 2.94. The third-order valence-corrected chi connectivity index (χ3v) is 3.19. The number of carbonyl (C=O) groups is 2. The van der Waals surface area contributed by atoms with Gasteiger partial charge in [0.2, 0.25) is 5.91 Å². The van der Waals surface area contributed by atoms with Gasteiger partial charge in [-0.1, -0.05) is 18.2 Å². The molecule has 6 nitrogen and oxygen atoms in total. The molecule has 0 radical (unpaired) electrons. The zero-order valence-electron chi connectivity index (χ0n) is 11.6. The summed E-state index contributed by atoms with van der Waals surface area (Å²) in [6.07, 6.45) is 2.16. The van der Waals surface area contributed by atoms with Gasteiger partial charge in [0.15, 0.2) is 0 Å². The molecule has 1 aliphatic rings. The molecule has 0 spiro atoms. The first-order chi connectivity index (χ1) is 9.60. The fourth-order valence-electron chi connectivity index (χ4n) is 2.05. The van der Waals surface area contributed by atoms with Crippen molar-refractivity contribution in [2.75, 3.05) is 13.6 Å². The van der Waals surface area contributed by atoms with Crippen LogP contribution in [0.2, 0.25) is 0 Å². The predicted octanol–water partition coefficient (Wildman–Crippen LogP) is 0.000500. The standard InChI is InChI=1S/C14H20N4O2/c1-18(9-13(19)16-11-6-7-11)8-10-4-2-3-5-12(10)14(20)17-15/h2-5,11H,6-9,15H2,1H3,(H,16,19)(H,17,20). The quantitative estimate of drug-likeness (QED) is 0.388. The molecule has 1 fully saturated rings. The van der Waals surface area contributed by atoms with Crippen LogP contribution in [0.15, 0.2) is 24.3 Å². The third kappa shape index (κ3) is 4.04. The van der Waals surface area contributed by atoms with Crippen LogP contribution in [-0.4, -0.2) is 36.3 Å². The van der Waals surface area contributed by atoms with Gasteiger partial charge in [-0.25, -0.2) is 5.84 Å². The first-order valence-electron chi connectivity index (χ1n) is 6.67. The molecule has 2 amide bonds. The molecule has 0 unspecified atom stereocenters. The lowest BCUT2D eigenvalue weighted by molar-refractivity contribution is -0.122. The number of hydrogen-bond acceptors (Lipinski definition) is 4. The van der Waals surface area contributed by atoms with E-state index in [0.717, 1.165) is 18.4 Å². The Morgan fingerprint density at radius 3 is 2.70 bits per heavy atom. The first-order valence-corrected chi connectivity index (χ1v) is 6.67. The van der Waals surface area contributed by atoms with Crippen LogP contribution in [0.3, 0.4) is 0 Å². The Bertz CT molecular complexity index is 500. The fraction of sp³-hybridized carbons (Fsp3) is 0.429. The van der Waals surface area contributed by atoms with Gasteiger partial charge < -0.3 is 5.32 Å². The maximum absolute atomic E-state index is 11.7. The van der Waals surface area contributed by atoms with Crippen LogP contribution in [0.5, 0.6) is 0 Å². The van der Waals surface area contributed by atoms with Crippen molar-refractivity contribution in [1.29, 1.82) is 0 Å². The van der Waals surface area contributed by atoms with Crippen LogP contribution >= 0.6 is 0 Å². The molecule has 108 valence electrons. The smallest absolute Gasteiger partial charge is 0.265 e. The zero-order chi connectivity index (χ0) is 14.5. The number of carbonyl (C=O) groups excluding carboxylic acids is 2. The predicted molar refractivity (Wildman–Crippen MR) is 75.6 cm³/mol. The number of amides is 2. The molecular weight excluding hydrogens is 256 g/mol. The van der Waals surface area contributed by atoms with E-state index in [2.05, 4.69) is 10.7 Å². The largest absolute Gasteiger partial charge is 0.352 e. The van der Waals surface area contributed by atoms with Gasteiger partial charge in [0.25, 0.3) is 5.91 Å². The molecule has 4 N–H and O–H groups in total. The first kappa shape index (κ1) is 14.5. The Balaban J connectivity index is 1.94. The van der Waals surface area contributed by atoms with E-state index in [0.29, 0.717) is 24.7 Å². The highest BCUT2D eigenvalue weighted by molar-refractivity contribution is 5.95. The highest BCUT2D eigenvalue weighted by Gasteiger charge is 2.23. The summed E-state index contributed by atoms with van der Waals surface area (Å²) in [6, 6.07) is 7.59. The van der Waals surface area contributed by atoms with E-state index in [-0.39, 0.29) is 11.8 Å². The van der Waals surface area contributed by atoms with E-state index in [1.807, 2.05) is 24.1 Å². The van der Waals surface area contributed by atoms with Gasteiger partial charge >= 0.3 is 0 Å². The number of hydrazine groups is 1. The second-order valence-corrected chi connectivity index (χ2v) is 5.14. The summed E-state index contributed by atoms with van der Waals surface area (Å²) in [6.45, 7) is 0.830. The minimum Gasteiger partial charge on any atom is -0.352 e. The minimum absolute atomic E-state index is 0.0238. The average Bonchev–Trinajstić information content (AvgIpc) is 3.22. The maximum atomic E-state index is 11.7. The molecule has 0 aliphatic heterocycles. The Kier molecular flexibility index (Phi) is 4.70. The summed E-state index contributed by atoms with van der Waals surface area (Å²) in [5.74, 6) is 4.87. The second-order valence-electron chi connectivity index (χ2n) is 5.14. The van der Waals surface area contributed by atoms with Gasteiger partial charge in [-0.2, -0.15) is 0 Å². The van der Waals surface area contributed by atoms with E-state index in [4.69, 9.17) is 5.84 Å². The van der Waals surface area contributed by atoms with Crippen LogP contribution < -0.4 is 16.6 Å². The van der Waals surface area contributed by atoms with E-state index in [9.17, 15) is 9.59 Å². The molecule has 0 atom stereocenters. The van der Waals surface area contributed by atoms with Crippen molar-refractivity contribution in [1.82, 2.24) is 15.6 Å². The van der Waals surface area contributed by atoms with Gasteiger partial charge in [0.1, 0.15) is 0 Å². The van der Waals surface area contributed by atoms with Crippen molar-refractivity contribution >= 4 is 11.8 Å². The van der Waals surface area contributed by atoms with Crippen molar-refractivity contribution in [3.8, 4) is 0 Å². The van der Waals surface area contributed by atoms with Crippen LogP contribution in [0.4, 0.5) is 0 Å². The van der Waals surface area contributed by atoms with Crippen LogP contribution in [0, 0.1) is 0 Å². The number of likely N-dealkylation sites (N-methyl/N-ethyl adjacent to an activating group) is 1. The number of hydrogen-bond donors (Lipinski definition) is 3. The SMILES string of the molecule is CN(CC(=O)NC1CC1)Cc1ccccc1C(=O)NN. The second kappa shape index (κ2) is 6.49. The van der Waals surface area contributed by atoms with Gasteiger partial charge in [0, 0.05) is 18.2 Å². The Morgan fingerprint density at radius 1 is 1.35 bits per heavy atom. The summed E-state index contributed by atoms with van der Waals surface area (Å²) >= 11 is 0. The van der Waals surface area contributed by atoms with Gasteiger partial charge in [-0.3, -0.25) is 19.9 Å². The van der Waals surface area contributed by atoms with Crippen molar-refractivity contribution in [2.45, 2.75) is 25.4 Å². The number of nitrogens with one attached hydrogen (secondary N) is 2. The van der Waals surface area contributed by atoms with Gasteiger partial charge in [-0.05, 0) is 31.5 Å². The topological polar surface area (TPSA) is 87.5 Å². The van der Waals surface area contributed by atoms with Crippen LogP contribution in [0.25, 0.3) is 0 Å². The van der Waals surface area contributed by atoms with Crippen molar-refractivity contribution in [3.05, 3.63) is 35.4 Å². The van der Waals surface area contributed by atoms with E-state index in [1.54, 1.807) is 12.1 Å². The highest BCUT2D eigenvalue weighted by atomic mass is 16.2. The maximum Gasteiger partial charge on any atom is 0.265 e. The lowest BCUT2D eigenvalue weighted by Gasteiger charge is -2.18. The highest BCUT2D eigenvalue weighted by Crippen LogP contribution is 2.18. The molecule has 1 saturated carbocycles. The normalized spacial score (nSPS) is 14.2. The molecule has 20 heavy (non-hydrogen) atoms. The number of rotatable bonds is 6. The van der Waals surface area contributed by atoms with E-state index < -0.39 is 0 Å². The van der Waals surface area contributed by atoms with Crippen LogP contribution in [-0.2, 0) is 11.3 Å². The van der Waals surface area contributed by atoms with Crippen molar-refractivity contribution < 1.29 is 9.59 Å². The zero-order valence-corrected chi connectivity index (χ0v) is 11.6. The lowest BCUT2D eigenvalue weighted by Crippen LogP contribution is -2.36. The molecule has 1 aromatic carbocycles. The summed E-state index contributed by atoms with van der Waals surface area (Å²) in [7, 11) is 1.85. The van der Waals surface area contributed by atoms with Crippen molar-refractivity contribution in [3.63, 3.8) is 0 Å². The number of nitrogens with two attached hydrogens (primary N) is 1. The minimum atomic E-state index is -0.323. The molecule has 0 aromatic heterocycles. The molecule has 2 rings (SSSR count). The monoisotopic (exact) mass is 276 g/mol. The lowest BCUT2D eigenvalue weighted by atomic mass is 10.1. The summed E-state index contributed by atoms with van der Waals surface area (Å²) in [4.78, 5) is 25.3. The third-order valence-electron chi connectivity index (χ3n) is 3.19. The average molecular weight is 276 g/mol. The Hall–Kier alpha value is -1.92. The molecule has 0 heterocycles. The molecular formula is C14H20N4O2. The van der Waals surface area contributed by atoms with E-state index in [1.165, 1.54) is 0 Å². The summed E-state index contributed by atoms with van der Waals surface area (Å²) in [5.41, 5.74) is 3.51. The fourth-order valence-corrected chi connectivity index (χ4v) is 2.05. The number of nitrogens with zero attached hydrogens (tertiary/aromatic N) is 1. The Labute approximate surface area is 118 Å². The number of benzene rings is 1. The molecule has 6 heteroatoms. The van der Waals surface area contributed by atoms with Crippen molar-refractivity contribution in [2.24, 2.45) is 5.84 Å². The van der Waals surface area contributed by atoms with Gasteiger partial charge in [0.05, 0.1) is 6.54 Å². The van der Waals surface area contributed by atoms with E-state index >= 15 is 0 Å². The molecule has 1 aliphatic carbocycles.